The highest BCUT2D eigenvalue weighted by atomic mass is 31.2. The summed E-state index contributed by atoms with van der Waals surface area (Å²) in [5, 5.41) is 18.6. The van der Waals surface area contributed by atoms with E-state index in [9.17, 15) is 14.8 Å². The van der Waals surface area contributed by atoms with Gasteiger partial charge in [0, 0.05) is 12.8 Å². The lowest BCUT2D eigenvalue weighted by Crippen LogP contribution is -2.23. The molecular weight excluding hydrogens is 191 g/mol. The fourth-order valence-electron chi connectivity index (χ4n) is 1.41. The largest absolute Gasteiger partial charge is 0.393 e. The molecule has 1 aliphatic rings. The Kier molecular flexibility index (Phi) is 3.52. The topological polar surface area (TPSA) is 66.8 Å². The van der Waals surface area contributed by atoms with Gasteiger partial charge in [0.1, 0.15) is 7.14 Å². The third-order valence-corrected chi connectivity index (χ3v) is 2.82. The van der Waals surface area contributed by atoms with Crippen molar-refractivity contribution in [3.05, 3.63) is 0 Å². The van der Waals surface area contributed by atoms with Crippen LogP contribution in [0.25, 0.3) is 0 Å². The Morgan fingerprint density at radius 3 is 2.38 bits per heavy atom. The Balaban J connectivity index is 2.34. The van der Waals surface area contributed by atoms with Crippen LogP contribution in [0.2, 0.25) is 0 Å². The maximum absolute atomic E-state index is 11.3. The number of aliphatic hydroxyl groups excluding tert-OH is 2. The molecule has 0 aromatic rings. The Morgan fingerprint density at radius 2 is 2.00 bits per heavy atom. The standard InChI is InChI=1S/C8H17O4P/c1-13(2,11)5-12-8-4-6(9)3-7(8)10/h6-10H,3-5H2,1-2H3/t6-,7?,8+/m1/s1. The van der Waals surface area contributed by atoms with E-state index in [2.05, 4.69) is 0 Å². The van der Waals surface area contributed by atoms with Crippen LogP contribution in [0.4, 0.5) is 0 Å². The molecule has 1 fully saturated rings. The van der Waals surface area contributed by atoms with Gasteiger partial charge in [0.25, 0.3) is 0 Å². The van der Waals surface area contributed by atoms with Gasteiger partial charge in [-0.25, -0.2) is 0 Å². The molecule has 78 valence electrons. The maximum Gasteiger partial charge on any atom is 0.106 e. The monoisotopic (exact) mass is 208 g/mol. The van der Waals surface area contributed by atoms with E-state index >= 15 is 0 Å². The predicted molar refractivity (Wildman–Crippen MR) is 50.4 cm³/mol. The van der Waals surface area contributed by atoms with Crippen LogP contribution in [0.3, 0.4) is 0 Å². The predicted octanol–water partition coefficient (Wildman–Crippen LogP) is 0.467. The van der Waals surface area contributed by atoms with E-state index in [0.717, 1.165) is 0 Å². The van der Waals surface area contributed by atoms with Crippen LogP contribution in [-0.4, -0.2) is 48.2 Å². The van der Waals surface area contributed by atoms with Crippen LogP contribution in [0.1, 0.15) is 12.8 Å². The second kappa shape index (κ2) is 4.09. The van der Waals surface area contributed by atoms with Gasteiger partial charge >= 0.3 is 0 Å². The van der Waals surface area contributed by atoms with Gasteiger partial charge in [-0.3, -0.25) is 0 Å². The summed E-state index contributed by atoms with van der Waals surface area (Å²) in [5.41, 5.74) is 0. The van der Waals surface area contributed by atoms with E-state index in [1.165, 1.54) is 0 Å². The summed E-state index contributed by atoms with van der Waals surface area (Å²) in [5.74, 6) is 0. The van der Waals surface area contributed by atoms with Crippen molar-refractivity contribution in [2.75, 3.05) is 19.7 Å². The molecule has 2 N–H and O–H groups in total. The molecule has 0 aliphatic heterocycles. The molecule has 4 nitrogen and oxygen atoms in total. The summed E-state index contributed by atoms with van der Waals surface area (Å²) in [6.07, 6.45) is -0.441. The zero-order valence-electron chi connectivity index (χ0n) is 8.01. The smallest absolute Gasteiger partial charge is 0.106 e. The van der Waals surface area contributed by atoms with Crippen molar-refractivity contribution in [3.63, 3.8) is 0 Å². The third kappa shape index (κ3) is 3.77. The Bertz CT molecular complexity index is 212. The number of aliphatic hydroxyl groups is 2. The van der Waals surface area contributed by atoms with E-state index in [0.29, 0.717) is 12.8 Å². The van der Waals surface area contributed by atoms with E-state index in [1.807, 2.05) is 0 Å². The minimum absolute atomic E-state index is 0.182. The highest BCUT2D eigenvalue weighted by Crippen LogP contribution is 2.37. The molecule has 5 heteroatoms. The molecule has 0 spiro atoms. The molecule has 0 saturated heterocycles. The van der Waals surface area contributed by atoms with Crippen molar-refractivity contribution in [1.82, 2.24) is 0 Å². The van der Waals surface area contributed by atoms with Crippen LogP contribution < -0.4 is 0 Å². The molecule has 0 radical (unpaired) electrons. The lowest BCUT2D eigenvalue weighted by Gasteiger charge is -2.16. The van der Waals surface area contributed by atoms with Crippen LogP contribution in [0, 0.1) is 0 Å². The average molecular weight is 208 g/mol. The summed E-state index contributed by atoms with van der Waals surface area (Å²) in [6, 6.07) is 0. The first-order valence-corrected chi connectivity index (χ1v) is 7.19. The van der Waals surface area contributed by atoms with E-state index < -0.39 is 19.3 Å². The van der Waals surface area contributed by atoms with Gasteiger partial charge in [-0.05, 0) is 13.3 Å². The molecule has 0 bridgehead atoms. The van der Waals surface area contributed by atoms with Crippen LogP contribution in [0.5, 0.6) is 0 Å². The molecule has 0 aromatic carbocycles. The third-order valence-electron chi connectivity index (χ3n) is 2.05. The van der Waals surface area contributed by atoms with Gasteiger partial charge in [0.15, 0.2) is 0 Å². The molecule has 0 aromatic heterocycles. The fourth-order valence-corrected chi connectivity index (χ4v) is 1.96. The van der Waals surface area contributed by atoms with Crippen molar-refractivity contribution in [3.8, 4) is 0 Å². The molecular formula is C8H17O4P. The minimum atomic E-state index is -2.18. The summed E-state index contributed by atoms with van der Waals surface area (Å²) in [4.78, 5) is 0. The summed E-state index contributed by atoms with van der Waals surface area (Å²) in [6.45, 7) is 3.29. The summed E-state index contributed by atoms with van der Waals surface area (Å²) in [7, 11) is -2.18. The Morgan fingerprint density at radius 1 is 1.38 bits per heavy atom. The number of ether oxygens (including phenoxy) is 1. The first-order chi connectivity index (χ1) is 5.88. The number of rotatable bonds is 3. The van der Waals surface area contributed by atoms with Gasteiger partial charge in [0.2, 0.25) is 0 Å². The molecule has 1 saturated carbocycles. The quantitative estimate of drug-likeness (QED) is 0.661. The first kappa shape index (κ1) is 11.2. The Labute approximate surface area is 78.3 Å². The van der Waals surface area contributed by atoms with Crippen molar-refractivity contribution >= 4 is 7.14 Å². The summed E-state index contributed by atoms with van der Waals surface area (Å²) < 4.78 is 16.6. The molecule has 1 unspecified atom stereocenters. The first-order valence-electron chi connectivity index (χ1n) is 4.40. The fraction of sp³-hybridized carbons (Fsp3) is 1.00. The lowest BCUT2D eigenvalue weighted by atomic mass is 10.3. The van der Waals surface area contributed by atoms with Crippen molar-refractivity contribution in [2.45, 2.75) is 31.2 Å². The number of hydrogen-bond acceptors (Lipinski definition) is 4. The van der Waals surface area contributed by atoms with E-state index in [-0.39, 0.29) is 12.5 Å². The van der Waals surface area contributed by atoms with Gasteiger partial charge in [0.05, 0.1) is 24.7 Å². The molecule has 0 amide bonds. The maximum atomic E-state index is 11.3. The normalized spacial score (nSPS) is 35.2. The van der Waals surface area contributed by atoms with Crippen LogP contribution in [-0.2, 0) is 9.30 Å². The van der Waals surface area contributed by atoms with Crippen molar-refractivity contribution in [1.29, 1.82) is 0 Å². The van der Waals surface area contributed by atoms with E-state index in [4.69, 9.17) is 4.74 Å². The molecule has 0 heterocycles. The van der Waals surface area contributed by atoms with Crippen molar-refractivity contribution < 1.29 is 19.5 Å². The average Bonchev–Trinajstić information content (AvgIpc) is 2.24. The lowest BCUT2D eigenvalue weighted by molar-refractivity contribution is 0.000139. The highest BCUT2D eigenvalue weighted by Gasteiger charge is 2.33. The van der Waals surface area contributed by atoms with Gasteiger partial charge in [-0.2, -0.15) is 0 Å². The highest BCUT2D eigenvalue weighted by molar-refractivity contribution is 7.62. The van der Waals surface area contributed by atoms with Crippen molar-refractivity contribution in [2.24, 2.45) is 0 Å². The minimum Gasteiger partial charge on any atom is -0.393 e. The molecule has 1 aliphatic carbocycles. The van der Waals surface area contributed by atoms with Gasteiger partial charge in [-0.1, -0.05) is 0 Å². The zero-order chi connectivity index (χ0) is 10.1. The van der Waals surface area contributed by atoms with Crippen LogP contribution >= 0.6 is 7.14 Å². The van der Waals surface area contributed by atoms with E-state index in [1.54, 1.807) is 13.3 Å². The zero-order valence-corrected chi connectivity index (χ0v) is 8.91. The molecule has 13 heavy (non-hydrogen) atoms. The molecule has 1 rings (SSSR count). The second-order valence-electron chi connectivity index (χ2n) is 4.10. The molecule has 3 atom stereocenters. The summed E-state index contributed by atoms with van der Waals surface area (Å²) >= 11 is 0. The van der Waals surface area contributed by atoms with Gasteiger partial charge < -0.3 is 19.5 Å². The van der Waals surface area contributed by atoms with Gasteiger partial charge in [-0.15, -0.1) is 0 Å². The number of hydrogen-bond donors (Lipinski definition) is 2. The Hall–Kier alpha value is 0.110. The SMILES string of the molecule is CP(C)(=O)CO[C@H]1C[C@H](O)CC1O. The van der Waals surface area contributed by atoms with Crippen LogP contribution in [0.15, 0.2) is 0 Å². The second-order valence-corrected chi connectivity index (χ2v) is 7.51.